The van der Waals surface area contributed by atoms with Gasteiger partial charge in [0.25, 0.3) is 0 Å². The maximum absolute atomic E-state index is 12.3. The number of rotatable bonds is 7. The third-order valence-electron chi connectivity index (χ3n) is 3.38. The van der Waals surface area contributed by atoms with Gasteiger partial charge in [-0.05, 0) is 40.2 Å². The van der Waals surface area contributed by atoms with Crippen molar-refractivity contribution in [2.75, 3.05) is 11.1 Å². The van der Waals surface area contributed by atoms with Crippen molar-refractivity contribution in [2.45, 2.75) is 11.7 Å². The SMILES string of the molecule is C=CCn1c(SCC(=O)Nc2cccc(Cl)c2Cl)nnc1-c1ccc(Br)o1. The summed E-state index contributed by atoms with van der Waals surface area (Å²) in [6.45, 7) is 4.23. The van der Waals surface area contributed by atoms with Crippen molar-refractivity contribution in [2.24, 2.45) is 0 Å². The number of thioether (sulfide) groups is 1. The van der Waals surface area contributed by atoms with Crippen LogP contribution in [-0.4, -0.2) is 26.4 Å². The van der Waals surface area contributed by atoms with Crippen molar-refractivity contribution in [3.8, 4) is 11.6 Å². The summed E-state index contributed by atoms with van der Waals surface area (Å²) in [7, 11) is 0. The smallest absolute Gasteiger partial charge is 0.234 e. The van der Waals surface area contributed by atoms with Crippen LogP contribution in [0.3, 0.4) is 0 Å². The Hall–Kier alpha value is -1.74. The van der Waals surface area contributed by atoms with Crippen molar-refractivity contribution in [3.63, 3.8) is 0 Å². The predicted molar refractivity (Wildman–Crippen MR) is 111 cm³/mol. The minimum Gasteiger partial charge on any atom is -0.446 e. The molecule has 0 radical (unpaired) electrons. The van der Waals surface area contributed by atoms with Crippen LogP contribution in [0.15, 0.2) is 57.2 Å². The molecule has 0 unspecified atom stereocenters. The largest absolute Gasteiger partial charge is 0.446 e. The Kier molecular flexibility index (Phi) is 6.64. The van der Waals surface area contributed by atoms with E-state index < -0.39 is 0 Å². The summed E-state index contributed by atoms with van der Waals surface area (Å²) in [4.78, 5) is 12.3. The molecule has 1 N–H and O–H groups in total. The van der Waals surface area contributed by atoms with Gasteiger partial charge >= 0.3 is 0 Å². The number of hydrogen-bond donors (Lipinski definition) is 1. The first kappa shape index (κ1) is 20.0. The van der Waals surface area contributed by atoms with Crippen LogP contribution >= 0.6 is 50.9 Å². The van der Waals surface area contributed by atoms with Gasteiger partial charge in [-0.3, -0.25) is 9.36 Å². The zero-order chi connectivity index (χ0) is 19.4. The first-order valence-electron chi connectivity index (χ1n) is 7.66. The standard InChI is InChI=1S/C17H13BrCl2N4O2S/c1-2-8-24-16(12-6-7-13(18)26-12)22-23-17(24)27-9-14(25)21-11-5-3-4-10(19)15(11)20/h2-7H,1,8-9H2,(H,21,25). The van der Waals surface area contributed by atoms with Gasteiger partial charge in [0.15, 0.2) is 15.6 Å². The van der Waals surface area contributed by atoms with Gasteiger partial charge in [0.2, 0.25) is 11.7 Å². The molecule has 0 aliphatic carbocycles. The second-order valence-corrected chi connectivity index (χ2v) is 7.76. The molecule has 27 heavy (non-hydrogen) atoms. The van der Waals surface area contributed by atoms with Gasteiger partial charge in [-0.15, -0.1) is 16.8 Å². The highest BCUT2D eigenvalue weighted by molar-refractivity contribution is 9.10. The molecular weight excluding hydrogens is 475 g/mol. The van der Waals surface area contributed by atoms with E-state index in [2.05, 4.69) is 38.0 Å². The van der Waals surface area contributed by atoms with Gasteiger partial charge in [-0.2, -0.15) is 0 Å². The lowest BCUT2D eigenvalue weighted by atomic mass is 10.3. The molecule has 0 bridgehead atoms. The minimum absolute atomic E-state index is 0.125. The number of allylic oxidation sites excluding steroid dienone is 1. The molecule has 0 atom stereocenters. The van der Waals surface area contributed by atoms with Crippen LogP contribution in [0, 0.1) is 0 Å². The summed E-state index contributed by atoms with van der Waals surface area (Å²) in [5.74, 6) is 1.01. The van der Waals surface area contributed by atoms with Crippen molar-refractivity contribution in [1.29, 1.82) is 0 Å². The lowest BCUT2D eigenvalue weighted by Crippen LogP contribution is -2.15. The average Bonchev–Trinajstić information content (AvgIpc) is 3.24. The maximum atomic E-state index is 12.3. The molecule has 3 rings (SSSR count). The van der Waals surface area contributed by atoms with Crippen LogP contribution in [0.2, 0.25) is 10.0 Å². The first-order valence-corrected chi connectivity index (χ1v) is 10.2. The highest BCUT2D eigenvalue weighted by Gasteiger charge is 2.18. The number of aromatic nitrogens is 3. The average molecular weight is 488 g/mol. The molecule has 0 aliphatic rings. The summed E-state index contributed by atoms with van der Waals surface area (Å²) < 4.78 is 7.96. The quantitative estimate of drug-likeness (QED) is 0.350. The van der Waals surface area contributed by atoms with Gasteiger partial charge in [0.05, 0.1) is 21.5 Å². The number of carbonyl (C=O) groups excluding carboxylic acids is 1. The topological polar surface area (TPSA) is 73.0 Å². The Labute approximate surface area is 178 Å². The highest BCUT2D eigenvalue weighted by Crippen LogP contribution is 2.30. The molecule has 1 aromatic carbocycles. The third kappa shape index (κ3) is 4.76. The number of nitrogens with zero attached hydrogens (tertiary/aromatic N) is 3. The monoisotopic (exact) mass is 486 g/mol. The summed E-state index contributed by atoms with van der Waals surface area (Å²) in [6.07, 6.45) is 1.72. The van der Waals surface area contributed by atoms with E-state index in [9.17, 15) is 4.79 Å². The number of anilines is 1. The van der Waals surface area contributed by atoms with E-state index in [0.717, 1.165) is 0 Å². The van der Waals surface area contributed by atoms with Gasteiger partial charge in [-0.1, -0.05) is 47.1 Å². The first-order chi connectivity index (χ1) is 13.0. The lowest BCUT2D eigenvalue weighted by molar-refractivity contribution is -0.113. The second-order valence-electron chi connectivity index (χ2n) is 5.25. The summed E-state index contributed by atoms with van der Waals surface area (Å²) >= 11 is 16.6. The van der Waals surface area contributed by atoms with Gasteiger partial charge in [-0.25, -0.2) is 0 Å². The molecule has 0 aliphatic heterocycles. The zero-order valence-corrected chi connectivity index (χ0v) is 17.7. The molecule has 3 aromatic rings. The molecule has 1 amide bonds. The lowest BCUT2D eigenvalue weighted by Gasteiger charge is -2.09. The molecule has 140 valence electrons. The second kappa shape index (κ2) is 8.97. The van der Waals surface area contributed by atoms with E-state index in [4.69, 9.17) is 27.6 Å². The summed E-state index contributed by atoms with van der Waals surface area (Å²) in [5, 5.41) is 12.3. The Bertz CT molecular complexity index is 989. The van der Waals surface area contributed by atoms with E-state index in [1.807, 2.05) is 4.57 Å². The summed E-state index contributed by atoms with van der Waals surface area (Å²) in [5.41, 5.74) is 0.462. The maximum Gasteiger partial charge on any atom is 0.234 e. The highest BCUT2D eigenvalue weighted by atomic mass is 79.9. The van der Waals surface area contributed by atoms with Gasteiger partial charge in [0.1, 0.15) is 0 Å². The normalized spacial score (nSPS) is 10.8. The van der Waals surface area contributed by atoms with Crippen molar-refractivity contribution >= 4 is 62.5 Å². The van der Waals surface area contributed by atoms with Gasteiger partial charge < -0.3 is 9.73 Å². The number of benzene rings is 1. The Balaban J connectivity index is 1.72. The van der Waals surface area contributed by atoms with Crippen LogP contribution in [0.4, 0.5) is 5.69 Å². The molecule has 0 saturated carbocycles. The number of nitrogens with one attached hydrogen (secondary N) is 1. The van der Waals surface area contributed by atoms with E-state index in [0.29, 0.717) is 43.7 Å². The number of carbonyl (C=O) groups is 1. The number of amides is 1. The van der Waals surface area contributed by atoms with Crippen LogP contribution in [0.25, 0.3) is 11.6 Å². The van der Waals surface area contributed by atoms with E-state index in [1.165, 1.54) is 11.8 Å². The number of hydrogen-bond acceptors (Lipinski definition) is 5. The van der Waals surface area contributed by atoms with Crippen molar-refractivity contribution in [3.05, 3.63) is 57.7 Å². The predicted octanol–water partition coefficient (Wildman–Crippen LogP) is 5.52. The molecule has 0 saturated heterocycles. The molecular formula is C17H13BrCl2N4O2S. The van der Waals surface area contributed by atoms with Crippen molar-refractivity contribution in [1.82, 2.24) is 14.8 Å². The third-order valence-corrected chi connectivity index (χ3v) is 5.59. The molecule has 2 heterocycles. The zero-order valence-electron chi connectivity index (χ0n) is 13.8. The molecule has 10 heteroatoms. The van der Waals surface area contributed by atoms with Crippen LogP contribution in [0.5, 0.6) is 0 Å². The van der Waals surface area contributed by atoms with Gasteiger partial charge in [0, 0.05) is 6.54 Å². The molecule has 2 aromatic heterocycles. The molecule has 6 nitrogen and oxygen atoms in total. The molecule has 0 spiro atoms. The van der Waals surface area contributed by atoms with Crippen LogP contribution < -0.4 is 5.32 Å². The number of halogens is 3. The Morgan fingerprint density at radius 1 is 1.33 bits per heavy atom. The van der Waals surface area contributed by atoms with E-state index in [-0.39, 0.29) is 11.7 Å². The van der Waals surface area contributed by atoms with E-state index >= 15 is 0 Å². The van der Waals surface area contributed by atoms with Crippen LogP contribution in [0.1, 0.15) is 0 Å². The Morgan fingerprint density at radius 2 is 2.15 bits per heavy atom. The molecule has 0 fully saturated rings. The minimum atomic E-state index is -0.236. The fourth-order valence-electron chi connectivity index (χ4n) is 2.22. The fraction of sp³-hybridized carbons (Fsp3) is 0.118. The van der Waals surface area contributed by atoms with E-state index in [1.54, 1.807) is 36.4 Å². The Morgan fingerprint density at radius 3 is 2.85 bits per heavy atom. The van der Waals surface area contributed by atoms with Crippen LogP contribution in [-0.2, 0) is 11.3 Å². The fourth-order valence-corrected chi connectivity index (χ4v) is 3.62. The summed E-state index contributed by atoms with van der Waals surface area (Å²) in [6, 6.07) is 8.61. The number of furan rings is 1. The van der Waals surface area contributed by atoms with Crippen molar-refractivity contribution < 1.29 is 9.21 Å².